The molecule has 2 aromatic rings. The molecule has 0 amide bonds. The van der Waals surface area contributed by atoms with Crippen LogP contribution in [0.2, 0.25) is 0 Å². The van der Waals surface area contributed by atoms with E-state index in [1.807, 2.05) is 6.92 Å². The van der Waals surface area contributed by atoms with E-state index in [2.05, 4.69) is 25.1 Å². The summed E-state index contributed by atoms with van der Waals surface area (Å²) in [6.07, 6.45) is 1.68. The van der Waals surface area contributed by atoms with Gasteiger partial charge in [0.25, 0.3) is 0 Å². The Hall–Kier alpha value is -1.35. The molecule has 120 valence electrons. The lowest BCUT2D eigenvalue weighted by molar-refractivity contribution is 0.0382. The third-order valence-corrected chi connectivity index (χ3v) is 4.92. The molecule has 1 aliphatic rings. The number of nitrogens with one attached hydrogen (secondary N) is 1. The van der Waals surface area contributed by atoms with E-state index in [1.54, 1.807) is 11.3 Å². The Labute approximate surface area is 133 Å². The van der Waals surface area contributed by atoms with Gasteiger partial charge >= 0.3 is 0 Å². The second-order valence-electron chi connectivity index (χ2n) is 5.37. The van der Waals surface area contributed by atoms with Crippen LogP contribution >= 0.6 is 11.3 Å². The molecule has 3 N–H and O–H groups in total. The lowest BCUT2D eigenvalue weighted by Crippen LogP contribution is -2.37. The number of hydrogen-bond donors (Lipinski definition) is 2. The van der Waals surface area contributed by atoms with Crippen LogP contribution in [0.15, 0.2) is 0 Å². The molecule has 0 bridgehead atoms. The van der Waals surface area contributed by atoms with E-state index in [4.69, 9.17) is 10.5 Å². The van der Waals surface area contributed by atoms with Gasteiger partial charge in [-0.1, -0.05) is 0 Å². The van der Waals surface area contributed by atoms with Crippen molar-refractivity contribution in [1.82, 2.24) is 25.1 Å². The number of H-pyrrole nitrogens is 1. The topological polar surface area (TPSA) is 93.0 Å². The normalized spacial score (nSPS) is 16.3. The number of hydrogen-bond acceptors (Lipinski definition) is 7. The summed E-state index contributed by atoms with van der Waals surface area (Å²) in [5.74, 6) is 1.67. The third kappa shape index (κ3) is 3.70. The van der Waals surface area contributed by atoms with Crippen LogP contribution in [-0.2, 0) is 17.6 Å². The number of aryl methyl sites for hydroxylation is 1. The zero-order valence-electron chi connectivity index (χ0n) is 12.8. The van der Waals surface area contributed by atoms with E-state index >= 15 is 0 Å². The Bertz CT molecular complexity index is 604. The maximum Gasteiger partial charge on any atom is 0.193 e. The Balaban J connectivity index is 1.63. The molecular weight excluding hydrogens is 300 g/mol. The molecule has 0 atom stereocenters. The summed E-state index contributed by atoms with van der Waals surface area (Å²) >= 11 is 1.63. The molecule has 0 radical (unpaired) electrons. The van der Waals surface area contributed by atoms with Crippen molar-refractivity contribution in [2.75, 3.05) is 39.4 Å². The molecule has 2 aromatic heterocycles. The van der Waals surface area contributed by atoms with Gasteiger partial charge in [0.2, 0.25) is 0 Å². The fraction of sp³-hybridized carbons (Fsp3) is 0.643. The molecule has 1 fully saturated rings. The number of ether oxygens (including phenoxy) is 1. The van der Waals surface area contributed by atoms with Crippen molar-refractivity contribution in [2.24, 2.45) is 5.73 Å². The monoisotopic (exact) mass is 322 g/mol. The number of aromatic nitrogens is 4. The van der Waals surface area contributed by atoms with Crippen LogP contribution < -0.4 is 5.73 Å². The second kappa shape index (κ2) is 7.28. The predicted octanol–water partition coefficient (Wildman–Crippen LogP) is 0.613. The van der Waals surface area contributed by atoms with Crippen molar-refractivity contribution >= 4 is 11.3 Å². The molecule has 0 aromatic carbocycles. The number of nitrogens with two attached hydrogens (primary N) is 1. The van der Waals surface area contributed by atoms with Crippen LogP contribution in [0.5, 0.6) is 0 Å². The van der Waals surface area contributed by atoms with E-state index in [9.17, 15) is 0 Å². The molecule has 1 saturated heterocycles. The molecule has 0 saturated carbocycles. The first kappa shape index (κ1) is 15.5. The highest BCUT2D eigenvalue weighted by atomic mass is 32.1. The van der Waals surface area contributed by atoms with E-state index in [0.29, 0.717) is 6.54 Å². The number of aromatic amines is 1. The molecule has 8 heteroatoms. The quantitative estimate of drug-likeness (QED) is 0.809. The predicted molar refractivity (Wildman–Crippen MR) is 85.9 cm³/mol. The Morgan fingerprint density at radius 1 is 1.27 bits per heavy atom. The summed E-state index contributed by atoms with van der Waals surface area (Å²) in [5.41, 5.74) is 6.57. The standard InChI is InChI=1S/C14H22N6OS/c1-10-13(22-12(16-10)2-4-15)14-17-11(18-19-14)3-5-20-6-8-21-9-7-20/h2-9,15H2,1H3,(H,17,18,19). The number of thiazole rings is 1. The lowest BCUT2D eigenvalue weighted by atomic mass is 10.3. The van der Waals surface area contributed by atoms with E-state index in [-0.39, 0.29) is 0 Å². The van der Waals surface area contributed by atoms with Crippen molar-refractivity contribution in [3.8, 4) is 10.7 Å². The average molecular weight is 322 g/mol. The zero-order chi connectivity index (χ0) is 15.4. The molecule has 3 rings (SSSR count). The first-order valence-corrected chi connectivity index (χ1v) is 8.46. The zero-order valence-corrected chi connectivity index (χ0v) is 13.7. The van der Waals surface area contributed by atoms with Gasteiger partial charge in [-0.2, -0.15) is 5.10 Å². The number of rotatable bonds is 6. The minimum atomic E-state index is 0.616. The average Bonchev–Trinajstić information content (AvgIpc) is 3.13. The molecule has 1 aliphatic heterocycles. The molecule has 22 heavy (non-hydrogen) atoms. The van der Waals surface area contributed by atoms with Crippen molar-refractivity contribution in [1.29, 1.82) is 0 Å². The maximum atomic E-state index is 5.59. The third-order valence-electron chi connectivity index (χ3n) is 3.70. The van der Waals surface area contributed by atoms with E-state index < -0.39 is 0 Å². The Morgan fingerprint density at radius 2 is 2.09 bits per heavy atom. The molecular formula is C14H22N6OS. The SMILES string of the molecule is Cc1nc(CCN)sc1-c1n[nH]c(CCN2CCOCC2)n1. The molecule has 0 spiro atoms. The number of nitrogens with zero attached hydrogens (tertiary/aromatic N) is 4. The van der Waals surface area contributed by atoms with Gasteiger partial charge < -0.3 is 10.5 Å². The summed E-state index contributed by atoms with van der Waals surface area (Å²) in [4.78, 5) is 12.6. The largest absolute Gasteiger partial charge is 0.379 e. The van der Waals surface area contributed by atoms with Crippen molar-refractivity contribution in [2.45, 2.75) is 19.8 Å². The van der Waals surface area contributed by atoms with Crippen molar-refractivity contribution in [3.05, 3.63) is 16.5 Å². The van der Waals surface area contributed by atoms with Gasteiger partial charge in [-0.3, -0.25) is 10.00 Å². The molecule has 7 nitrogen and oxygen atoms in total. The maximum absolute atomic E-state index is 5.59. The summed E-state index contributed by atoms with van der Waals surface area (Å²) in [5, 5.41) is 8.44. The van der Waals surface area contributed by atoms with Crippen LogP contribution in [0.25, 0.3) is 10.7 Å². The van der Waals surface area contributed by atoms with E-state index in [1.165, 1.54) is 0 Å². The van der Waals surface area contributed by atoms with Gasteiger partial charge in [0.1, 0.15) is 5.82 Å². The first-order valence-electron chi connectivity index (χ1n) is 7.64. The lowest BCUT2D eigenvalue weighted by Gasteiger charge is -2.25. The fourth-order valence-electron chi connectivity index (χ4n) is 2.49. The van der Waals surface area contributed by atoms with Crippen LogP contribution in [0.1, 0.15) is 16.5 Å². The van der Waals surface area contributed by atoms with Gasteiger partial charge in [-0.25, -0.2) is 9.97 Å². The van der Waals surface area contributed by atoms with Gasteiger partial charge in [-0.15, -0.1) is 11.3 Å². The highest BCUT2D eigenvalue weighted by Gasteiger charge is 2.15. The van der Waals surface area contributed by atoms with Crippen LogP contribution in [-0.4, -0.2) is 64.5 Å². The summed E-state index contributed by atoms with van der Waals surface area (Å²) < 4.78 is 5.36. The smallest absolute Gasteiger partial charge is 0.193 e. The Morgan fingerprint density at radius 3 is 2.86 bits per heavy atom. The first-order chi connectivity index (χ1) is 10.8. The summed E-state index contributed by atoms with van der Waals surface area (Å²) in [7, 11) is 0. The molecule has 0 aliphatic carbocycles. The highest BCUT2D eigenvalue weighted by molar-refractivity contribution is 7.15. The number of morpholine rings is 1. The van der Waals surface area contributed by atoms with Gasteiger partial charge in [-0.05, 0) is 13.5 Å². The minimum absolute atomic E-state index is 0.616. The fourth-order valence-corrected chi connectivity index (χ4v) is 3.50. The van der Waals surface area contributed by atoms with Crippen molar-refractivity contribution < 1.29 is 4.74 Å². The minimum Gasteiger partial charge on any atom is -0.379 e. The second-order valence-corrected chi connectivity index (χ2v) is 6.45. The Kier molecular flexibility index (Phi) is 5.14. The summed E-state index contributed by atoms with van der Waals surface area (Å²) in [6.45, 7) is 7.24. The van der Waals surface area contributed by atoms with Crippen LogP contribution in [0.4, 0.5) is 0 Å². The molecule has 0 unspecified atom stereocenters. The van der Waals surface area contributed by atoms with E-state index in [0.717, 1.165) is 72.9 Å². The molecule has 3 heterocycles. The summed E-state index contributed by atoms with van der Waals surface area (Å²) in [6, 6.07) is 0. The van der Waals surface area contributed by atoms with Gasteiger partial charge in [0.15, 0.2) is 5.82 Å². The van der Waals surface area contributed by atoms with Crippen LogP contribution in [0.3, 0.4) is 0 Å². The van der Waals surface area contributed by atoms with Gasteiger partial charge in [0, 0.05) is 32.5 Å². The highest BCUT2D eigenvalue weighted by Crippen LogP contribution is 2.27. The van der Waals surface area contributed by atoms with Crippen molar-refractivity contribution in [3.63, 3.8) is 0 Å². The van der Waals surface area contributed by atoms with Crippen LogP contribution in [0, 0.1) is 6.92 Å². The van der Waals surface area contributed by atoms with Gasteiger partial charge in [0.05, 0.1) is 28.8 Å².